The maximum atomic E-state index is 12.2. The highest BCUT2D eigenvalue weighted by Crippen LogP contribution is 2.17. The Balaban J connectivity index is 1.99. The van der Waals surface area contributed by atoms with E-state index in [4.69, 9.17) is 0 Å². The van der Waals surface area contributed by atoms with E-state index in [1.807, 2.05) is 19.1 Å². The number of nitrogens with zero attached hydrogens (tertiary/aromatic N) is 1. The van der Waals surface area contributed by atoms with Crippen molar-refractivity contribution in [2.45, 2.75) is 38.0 Å². The number of aromatic nitrogens is 1. The summed E-state index contributed by atoms with van der Waals surface area (Å²) in [6.45, 7) is 6.49. The predicted octanol–water partition coefficient (Wildman–Crippen LogP) is 3.10. The zero-order valence-electron chi connectivity index (χ0n) is 12.5. The van der Waals surface area contributed by atoms with E-state index in [1.165, 1.54) is 0 Å². The van der Waals surface area contributed by atoms with Crippen LogP contribution in [0.4, 0.5) is 0 Å². The van der Waals surface area contributed by atoms with Crippen molar-refractivity contribution in [1.29, 1.82) is 0 Å². The van der Waals surface area contributed by atoms with Gasteiger partial charge >= 0.3 is 0 Å². The fraction of sp³-hybridized carbons (Fsp3) is 0.400. The Kier molecular flexibility index (Phi) is 5.13. The summed E-state index contributed by atoms with van der Waals surface area (Å²) in [4.78, 5) is 5.59. The highest BCUT2D eigenvalue weighted by Gasteiger charge is 2.14. The lowest BCUT2D eigenvalue weighted by molar-refractivity contribution is 0.581. The van der Waals surface area contributed by atoms with Crippen molar-refractivity contribution in [1.82, 2.24) is 9.71 Å². The van der Waals surface area contributed by atoms with E-state index in [1.54, 1.807) is 29.0 Å². The molecule has 0 radical (unpaired) electrons. The lowest BCUT2D eigenvalue weighted by Crippen LogP contribution is -2.26. The Morgan fingerprint density at radius 1 is 1.24 bits per heavy atom. The van der Waals surface area contributed by atoms with Gasteiger partial charge in [0.05, 0.1) is 16.1 Å². The topological polar surface area (TPSA) is 59.1 Å². The Labute approximate surface area is 130 Å². The van der Waals surface area contributed by atoms with E-state index >= 15 is 0 Å². The van der Waals surface area contributed by atoms with Gasteiger partial charge in [-0.3, -0.25) is 0 Å². The summed E-state index contributed by atoms with van der Waals surface area (Å²) < 4.78 is 27.0. The van der Waals surface area contributed by atoms with Crippen molar-refractivity contribution in [2.75, 3.05) is 6.54 Å². The van der Waals surface area contributed by atoms with Crippen LogP contribution in [0.1, 0.15) is 35.9 Å². The van der Waals surface area contributed by atoms with Gasteiger partial charge in [-0.05, 0) is 37.0 Å². The van der Waals surface area contributed by atoms with Crippen molar-refractivity contribution in [3.05, 3.63) is 45.9 Å². The third-order valence-corrected chi connectivity index (χ3v) is 5.82. The molecule has 1 aromatic heterocycles. The lowest BCUT2D eigenvalue weighted by Gasteiger charge is -2.09. The smallest absolute Gasteiger partial charge is 0.240 e. The average molecular weight is 324 g/mol. The highest BCUT2D eigenvalue weighted by molar-refractivity contribution is 7.89. The van der Waals surface area contributed by atoms with Crippen LogP contribution in [0.5, 0.6) is 0 Å². The molecule has 21 heavy (non-hydrogen) atoms. The van der Waals surface area contributed by atoms with Crippen molar-refractivity contribution in [2.24, 2.45) is 0 Å². The van der Waals surface area contributed by atoms with Crippen LogP contribution >= 0.6 is 11.3 Å². The largest absolute Gasteiger partial charge is 0.250 e. The van der Waals surface area contributed by atoms with Gasteiger partial charge < -0.3 is 0 Å². The zero-order valence-corrected chi connectivity index (χ0v) is 14.1. The second-order valence-electron chi connectivity index (χ2n) is 5.23. The van der Waals surface area contributed by atoms with Crippen LogP contribution < -0.4 is 4.72 Å². The molecule has 2 aromatic rings. The standard InChI is InChI=1S/C15H20N2O2S2/c1-11(2)13-4-6-14(7-5-13)21(18,19)17-9-8-15-12(3)16-10-20-15/h4-7,10-11,17H,8-9H2,1-3H3. The van der Waals surface area contributed by atoms with Gasteiger partial charge in [0.15, 0.2) is 0 Å². The van der Waals surface area contributed by atoms with Gasteiger partial charge in [-0.1, -0.05) is 26.0 Å². The molecule has 0 unspecified atom stereocenters. The summed E-state index contributed by atoms with van der Waals surface area (Å²) in [5.41, 5.74) is 3.89. The van der Waals surface area contributed by atoms with E-state index in [0.29, 0.717) is 23.8 Å². The highest BCUT2D eigenvalue weighted by atomic mass is 32.2. The SMILES string of the molecule is Cc1ncsc1CCNS(=O)(=O)c1ccc(C(C)C)cc1. The Morgan fingerprint density at radius 3 is 2.43 bits per heavy atom. The number of rotatable bonds is 6. The van der Waals surface area contributed by atoms with E-state index in [2.05, 4.69) is 23.6 Å². The van der Waals surface area contributed by atoms with Gasteiger partial charge in [0, 0.05) is 11.4 Å². The quantitative estimate of drug-likeness (QED) is 0.888. The van der Waals surface area contributed by atoms with Gasteiger partial charge in [-0.2, -0.15) is 0 Å². The third kappa shape index (κ3) is 4.12. The lowest BCUT2D eigenvalue weighted by atomic mass is 10.0. The Bertz CT molecular complexity index is 689. The van der Waals surface area contributed by atoms with E-state index in [0.717, 1.165) is 16.1 Å². The molecule has 0 atom stereocenters. The molecule has 0 saturated carbocycles. The monoisotopic (exact) mass is 324 g/mol. The molecule has 0 aliphatic carbocycles. The number of benzene rings is 1. The molecular weight excluding hydrogens is 304 g/mol. The first-order chi connectivity index (χ1) is 9.90. The molecule has 6 heteroatoms. The van der Waals surface area contributed by atoms with Gasteiger partial charge in [0.2, 0.25) is 10.0 Å². The number of aryl methyl sites for hydroxylation is 1. The number of hydrogen-bond donors (Lipinski definition) is 1. The zero-order chi connectivity index (χ0) is 15.5. The molecule has 1 aromatic carbocycles. The molecule has 1 N–H and O–H groups in total. The van der Waals surface area contributed by atoms with Crippen molar-refractivity contribution in [3.8, 4) is 0 Å². The summed E-state index contributed by atoms with van der Waals surface area (Å²) in [5, 5.41) is 0. The van der Waals surface area contributed by atoms with Crippen LogP contribution in [0, 0.1) is 6.92 Å². The summed E-state index contributed by atoms with van der Waals surface area (Å²) in [5.74, 6) is 0.393. The molecule has 0 aliphatic rings. The van der Waals surface area contributed by atoms with Gasteiger partial charge in [0.25, 0.3) is 0 Å². The Morgan fingerprint density at radius 2 is 1.90 bits per heavy atom. The maximum Gasteiger partial charge on any atom is 0.240 e. The van der Waals surface area contributed by atoms with Crippen LogP contribution in [0.3, 0.4) is 0 Å². The first-order valence-electron chi connectivity index (χ1n) is 6.89. The van der Waals surface area contributed by atoms with E-state index < -0.39 is 10.0 Å². The van der Waals surface area contributed by atoms with Crippen molar-refractivity contribution in [3.63, 3.8) is 0 Å². The molecule has 114 valence electrons. The summed E-state index contributed by atoms with van der Waals surface area (Å²) in [7, 11) is -3.43. The average Bonchev–Trinajstić information content (AvgIpc) is 2.84. The van der Waals surface area contributed by atoms with Crippen LogP contribution in [0.15, 0.2) is 34.7 Å². The second kappa shape index (κ2) is 6.68. The van der Waals surface area contributed by atoms with Crippen LogP contribution in [0.25, 0.3) is 0 Å². The van der Waals surface area contributed by atoms with Crippen LogP contribution in [-0.2, 0) is 16.4 Å². The molecule has 0 bridgehead atoms. The summed E-state index contributed by atoms with van der Waals surface area (Å²) in [6, 6.07) is 7.06. The molecule has 0 aliphatic heterocycles. The first kappa shape index (κ1) is 16.1. The summed E-state index contributed by atoms with van der Waals surface area (Å²) in [6.07, 6.45) is 0.666. The fourth-order valence-electron chi connectivity index (χ4n) is 1.98. The van der Waals surface area contributed by atoms with Gasteiger partial charge in [-0.25, -0.2) is 18.1 Å². The predicted molar refractivity (Wildman–Crippen MR) is 86.3 cm³/mol. The molecule has 4 nitrogen and oxygen atoms in total. The molecule has 0 spiro atoms. The molecular formula is C15H20N2O2S2. The van der Waals surface area contributed by atoms with Gasteiger partial charge in [-0.15, -0.1) is 11.3 Å². The number of thiazole rings is 1. The van der Waals surface area contributed by atoms with Crippen molar-refractivity contribution < 1.29 is 8.42 Å². The summed E-state index contributed by atoms with van der Waals surface area (Å²) >= 11 is 1.56. The number of hydrogen-bond acceptors (Lipinski definition) is 4. The van der Waals surface area contributed by atoms with Crippen LogP contribution in [-0.4, -0.2) is 19.9 Å². The molecule has 0 amide bonds. The number of nitrogens with one attached hydrogen (secondary N) is 1. The molecule has 0 fully saturated rings. The van der Waals surface area contributed by atoms with Crippen LogP contribution in [0.2, 0.25) is 0 Å². The second-order valence-corrected chi connectivity index (χ2v) is 7.94. The number of sulfonamides is 1. The van der Waals surface area contributed by atoms with Gasteiger partial charge in [0.1, 0.15) is 0 Å². The maximum absolute atomic E-state index is 12.2. The molecule has 0 saturated heterocycles. The minimum Gasteiger partial charge on any atom is -0.250 e. The van der Waals surface area contributed by atoms with Crippen molar-refractivity contribution >= 4 is 21.4 Å². The van der Waals surface area contributed by atoms with E-state index in [9.17, 15) is 8.42 Å². The Hall–Kier alpha value is -1.24. The third-order valence-electron chi connectivity index (χ3n) is 3.35. The first-order valence-corrected chi connectivity index (χ1v) is 9.25. The molecule has 2 rings (SSSR count). The minimum atomic E-state index is -3.43. The normalized spacial score (nSPS) is 12.0. The van der Waals surface area contributed by atoms with E-state index in [-0.39, 0.29) is 0 Å². The molecule has 1 heterocycles. The minimum absolute atomic E-state index is 0.313. The fourth-order valence-corrected chi connectivity index (χ4v) is 3.79.